The van der Waals surface area contributed by atoms with E-state index in [1.807, 2.05) is 47.2 Å². The Hall–Kier alpha value is -3.08. The molecule has 1 aromatic heterocycles. The lowest BCUT2D eigenvalue weighted by Crippen LogP contribution is -2.11. The van der Waals surface area contributed by atoms with Crippen LogP contribution in [-0.2, 0) is 6.54 Å². The van der Waals surface area contributed by atoms with Crippen molar-refractivity contribution in [3.63, 3.8) is 0 Å². The second-order valence-electron chi connectivity index (χ2n) is 5.04. The van der Waals surface area contributed by atoms with Crippen LogP contribution in [0.25, 0.3) is 11.4 Å². The molecule has 5 nitrogen and oxygen atoms in total. The number of hydrogen-bond donors (Lipinski definition) is 3. The molecule has 0 bridgehead atoms. The average molecular weight is 292 g/mol. The summed E-state index contributed by atoms with van der Waals surface area (Å²) in [4.78, 5) is 4.38. The first-order valence-corrected chi connectivity index (χ1v) is 6.87. The maximum Gasteiger partial charge on any atom is 0.140 e. The third-order valence-corrected chi connectivity index (χ3v) is 3.43. The number of hydrogen-bond acceptors (Lipinski definition) is 3. The monoisotopic (exact) mass is 292 g/mol. The van der Waals surface area contributed by atoms with Crippen molar-refractivity contribution in [1.82, 2.24) is 9.55 Å². The lowest BCUT2D eigenvalue weighted by Gasteiger charge is -2.09. The molecule has 0 spiro atoms. The van der Waals surface area contributed by atoms with Crippen molar-refractivity contribution in [3.05, 3.63) is 72.1 Å². The molecule has 0 aliphatic carbocycles. The third kappa shape index (κ3) is 2.83. The summed E-state index contributed by atoms with van der Waals surface area (Å²) in [5.41, 5.74) is 8.23. The summed E-state index contributed by atoms with van der Waals surface area (Å²) in [7, 11) is 0. The first-order chi connectivity index (χ1) is 10.6. The largest absolute Gasteiger partial charge is 0.508 e. The normalized spacial score (nSPS) is 10.5. The first-order valence-electron chi connectivity index (χ1n) is 6.87. The Morgan fingerprint density at radius 3 is 2.68 bits per heavy atom. The van der Waals surface area contributed by atoms with Crippen LogP contribution >= 0.6 is 0 Å². The fraction of sp³-hybridized carbons (Fsp3) is 0.0588. The molecule has 22 heavy (non-hydrogen) atoms. The van der Waals surface area contributed by atoms with E-state index in [9.17, 15) is 5.11 Å². The van der Waals surface area contributed by atoms with Crippen molar-refractivity contribution in [2.75, 3.05) is 0 Å². The number of phenols is 1. The van der Waals surface area contributed by atoms with Gasteiger partial charge < -0.3 is 15.4 Å². The van der Waals surface area contributed by atoms with Crippen LogP contribution in [0, 0.1) is 5.41 Å². The van der Waals surface area contributed by atoms with E-state index in [1.54, 1.807) is 18.3 Å². The van der Waals surface area contributed by atoms with Crippen molar-refractivity contribution in [2.24, 2.45) is 5.73 Å². The molecule has 0 saturated carbocycles. The van der Waals surface area contributed by atoms with E-state index in [0.29, 0.717) is 12.1 Å². The van der Waals surface area contributed by atoms with Gasteiger partial charge in [0.2, 0.25) is 0 Å². The number of rotatable bonds is 4. The van der Waals surface area contributed by atoms with E-state index in [-0.39, 0.29) is 11.6 Å². The number of nitrogens with zero attached hydrogens (tertiary/aromatic N) is 2. The van der Waals surface area contributed by atoms with E-state index in [4.69, 9.17) is 11.1 Å². The summed E-state index contributed by atoms with van der Waals surface area (Å²) in [5.74, 6) is 1.12. The number of amidine groups is 1. The van der Waals surface area contributed by atoms with Crippen LogP contribution in [0.5, 0.6) is 5.75 Å². The molecule has 3 aromatic rings. The van der Waals surface area contributed by atoms with E-state index >= 15 is 0 Å². The number of imidazole rings is 1. The zero-order chi connectivity index (χ0) is 15.5. The number of aromatic hydroxyl groups is 1. The van der Waals surface area contributed by atoms with Gasteiger partial charge in [-0.05, 0) is 35.9 Å². The highest BCUT2D eigenvalue weighted by molar-refractivity contribution is 5.95. The van der Waals surface area contributed by atoms with Crippen molar-refractivity contribution >= 4 is 5.84 Å². The second kappa shape index (κ2) is 5.73. The number of benzene rings is 2. The zero-order valence-corrected chi connectivity index (χ0v) is 11.9. The smallest absolute Gasteiger partial charge is 0.140 e. The van der Waals surface area contributed by atoms with E-state index in [0.717, 1.165) is 17.0 Å². The Morgan fingerprint density at radius 1 is 1.18 bits per heavy atom. The predicted octanol–water partition coefficient (Wildman–Crippen LogP) is 2.59. The van der Waals surface area contributed by atoms with Gasteiger partial charge in [-0.2, -0.15) is 0 Å². The Balaban J connectivity index is 1.91. The van der Waals surface area contributed by atoms with Crippen molar-refractivity contribution < 1.29 is 5.11 Å². The lowest BCUT2D eigenvalue weighted by molar-refractivity contribution is 0.475. The van der Waals surface area contributed by atoms with Crippen LogP contribution < -0.4 is 5.73 Å². The highest BCUT2D eigenvalue weighted by Gasteiger charge is 2.07. The van der Waals surface area contributed by atoms with Crippen LogP contribution in [0.2, 0.25) is 0 Å². The molecule has 0 unspecified atom stereocenters. The van der Waals surface area contributed by atoms with Gasteiger partial charge in [0.05, 0.1) is 0 Å². The summed E-state index contributed by atoms with van der Waals surface area (Å²) >= 11 is 0. The van der Waals surface area contributed by atoms with Crippen molar-refractivity contribution in [2.45, 2.75) is 6.54 Å². The fourth-order valence-corrected chi connectivity index (χ4v) is 2.34. The van der Waals surface area contributed by atoms with Crippen LogP contribution in [0.15, 0.2) is 60.9 Å². The molecule has 0 saturated heterocycles. The minimum atomic E-state index is 0.0613. The summed E-state index contributed by atoms with van der Waals surface area (Å²) < 4.78 is 2.02. The molecule has 5 heteroatoms. The van der Waals surface area contributed by atoms with Gasteiger partial charge in [0.1, 0.15) is 17.4 Å². The number of aromatic nitrogens is 2. The molecule has 1 heterocycles. The van der Waals surface area contributed by atoms with Crippen LogP contribution in [0.3, 0.4) is 0 Å². The fourth-order valence-electron chi connectivity index (χ4n) is 2.34. The van der Waals surface area contributed by atoms with Gasteiger partial charge in [-0.3, -0.25) is 5.41 Å². The molecular weight excluding hydrogens is 276 g/mol. The van der Waals surface area contributed by atoms with Gasteiger partial charge in [0, 0.05) is 30.1 Å². The van der Waals surface area contributed by atoms with Gasteiger partial charge in [-0.15, -0.1) is 0 Å². The maximum absolute atomic E-state index is 9.38. The number of nitrogen functional groups attached to an aromatic ring is 1. The van der Waals surface area contributed by atoms with Crippen molar-refractivity contribution in [1.29, 1.82) is 5.41 Å². The topological polar surface area (TPSA) is 87.9 Å². The number of phenolic OH excluding ortho intramolecular Hbond substituents is 1. The number of nitrogens with one attached hydrogen (secondary N) is 1. The summed E-state index contributed by atoms with van der Waals surface area (Å²) in [6, 6.07) is 14.6. The third-order valence-electron chi connectivity index (χ3n) is 3.43. The minimum absolute atomic E-state index is 0.0613. The minimum Gasteiger partial charge on any atom is -0.508 e. The zero-order valence-electron chi connectivity index (χ0n) is 11.9. The molecular formula is C17H16N4O. The lowest BCUT2D eigenvalue weighted by atomic mass is 10.1. The molecule has 3 rings (SSSR count). The van der Waals surface area contributed by atoms with Gasteiger partial charge in [0.25, 0.3) is 0 Å². The highest BCUT2D eigenvalue weighted by atomic mass is 16.3. The van der Waals surface area contributed by atoms with Crippen LogP contribution in [-0.4, -0.2) is 20.5 Å². The molecule has 2 aromatic carbocycles. The maximum atomic E-state index is 9.38. The molecule has 0 aliphatic rings. The summed E-state index contributed by atoms with van der Waals surface area (Å²) in [6.45, 7) is 0.636. The molecule has 0 atom stereocenters. The Bertz CT molecular complexity index is 806. The van der Waals surface area contributed by atoms with E-state index in [1.165, 1.54) is 0 Å². The highest BCUT2D eigenvalue weighted by Crippen LogP contribution is 2.21. The van der Waals surface area contributed by atoms with Gasteiger partial charge in [-0.1, -0.05) is 18.2 Å². The van der Waals surface area contributed by atoms with Gasteiger partial charge in [-0.25, -0.2) is 4.98 Å². The molecule has 0 aliphatic heterocycles. The molecule has 110 valence electrons. The SMILES string of the molecule is N=C(N)c1cccc(Cn2ccnc2-c2ccc(O)cc2)c1. The van der Waals surface area contributed by atoms with Crippen molar-refractivity contribution in [3.8, 4) is 17.1 Å². The second-order valence-corrected chi connectivity index (χ2v) is 5.04. The standard InChI is InChI=1S/C17H16N4O/c18-16(19)14-3-1-2-12(10-14)11-21-9-8-20-17(21)13-4-6-15(22)7-5-13/h1-10,22H,11H2,(H3,18,19). The predicted molar refractivity (Wildman–Crippen MR) is 85.9 cm³/mol. The quantitative estimate of drug-likeness (QED) is 0.510. The molecule has 0 fully saturated rings. The Labute approximate surface area is 128 Å². The molecule has 0 radical (unpaired) electrons. The van der Waals surface area contributed by atoms with E-state index < -0.39 is 0 Å². The van der Waals surface area contributed by atoms with E-state index in [2.05, 4.69) is 4.98 Å². The molecule has 0 amide bonds. The van der Waals surface area contributed by atoms with Crippen LogP contribution in [0.4, 0.5) is 0 Å². The average Bonchev–Trinajstić information content (AvgIpc) is 2.96. The first kappa shape index (κ1) is 13.9. The molecule has 4 N–H and O–H groups in total. The summed E-state index contributed by atoms with van der Waals surface area (Å²) in [5, 5.41) is 16.9. The van der Waals surface area contributed by atoms with Gasteiger partial charge >= 0.3 is 0 Å². The summed E-state index contributed by atoms with van der Waals surface area (Å²) in [6.07, 6.45) is 3.65. The Morgan fingerprint density at radius 2 is 1.95 bits per heavy atom. The van der Waals surface area contributed by atoms with Gasteiger partial charge in [0.15, 0.2) is 0 Å². The van der Waals surface area contributed by atoms with Crippen LogP contribution in [0.1, 0.15) is 11.1 Å². The number of nitrogens with two attached hydrogens (primary N) is 1. The Kier molecular flexibility index (Phi) is 3.62.